The van der Waals surface area contributed by atoms with Gasteiger partial charge in [0.25, 0.3) is 5.91 Å². The quantitative estimate of drug-likeness (QED) is 0.297. The molecular formula is C26H21N7O2S. The van der Waals surface area contributed by atoms with E-state index in [2.05, 4.69) is 33.9 Å². The molecule has 0 radical (unpaired) electrons. The summed E-state index contributed by atoms with van der Waals surface area (Å²) in [5.41, 5.74) is 3.91. The molecule has 4 aromatic rings. The Balaban J connectivity index is 1.33. The predicted octanol–water partition coefficient (Wildman–Crippen LogP) is 3.51. The van der Waals surface area contributed by atoms with Gasteiger partial charge in [-0.2, -0.15) is 19.9 Å². The number of imide groups is 1. The van der Waals surface area contributed by atoms with E-state index in [0.29, 0.717) is 45.9 Å². The van der Waals surface area contributed by atoms with Gasteiger partial charge in [0.2, 0.25) is 11.9 Å². The summed E-state index contributed by atoms with van der Waals surface area (Å²) in [4.78, 5) is 35.0. The Bertz CT molecular complexity index is 1590. The van der Waals surface area contributed by atoms with Crippen molar-refractivity contribution in [3.63, 3.8) is 0 Å². The molecule has 178 valence electrons. The molecule has 0 atom stereocenters. The van der Waals surface area contributed by atoms with Crippen LogP contribution in [0.2, 0.25) is 0 Å². The number of fused-ring (bicyclic) bond motifs is 1. The highest BCUT2D eigenvalue weighted by molar-refractivity contribution is 7.16. The molecule has 0 spiro atoms. The molecule has 1 aromatic carbocycles. The van der Waals surface area contributed by atoms with E-state index in [4.69, 9.17) is 9.97 Å². The first-order chi connectivity index (χ1) is 17.6. The van der Waals surface area contributed by atoms with Crippen molar-refractivity contribution in [3.05, 3.63) is 70.0 Å². The number of carbonyl (C=O) groups excluding carboxylic acids is 2. The third-order valence-corrected chi connectivity index (χ3v) is 7.22. The minimum atomic E-state index is -0.380. The lowest BCUT2D eigenvalue weighted by Gasteiger charge is -2.10. The highest BCUT2D eigenvalue weighted by atomic mass is 32.1. The summed E-state index contributed by atoms with van der Waals surface area (Å²) in [5, 5.41) is 19.4. The average Bonchev–Trinajstić information content (AvgIpc) is 3.26. The van der Waals surface area contributed by atoms with Crippen LogP contribution in [0.25, 0.3) is 22.2 Å². The zero-order valence-electron chi connectivity index (χ0n) is 19.2. The second kappa shape index (κ2) is 9.02. The Morgan fingerprint density at radius 2 is 2.03 bits per heavy atom. The van der Waals surface area contributed by atoms with E-state index in [1.807, 2.05) is 24.3 Å². The van der Waals surface area contributed by atoms with Gasteiger partial charge in [-0.1, -0.05) is 24.3 Å². The van der Waals surface area contributed by atoms with Crippen LogP contribution in [0.15, 0.2) is 48.2 Å². The normalized spacial score (nSPS) is 16.5. The molecule has 6 rings (SSSR count). The van der Waals surface area contributed by atoms with Crippen molar-refractivity contribution in [1.29, 1.82) is 5.26 Å². The molecule has 0 unspecified atom stereocenters. The number of carbonyl (C=O) groups is 2. The maximum Gasteiger partial charge on any atom is 0.254 e. The zero-order valence-corrected chi connectivity index (χ0v) is 20.0. The summed E-state index contributed by atoms with van der Waals surface area (Å²) in [6.45, 7) is 0. The number of hydrogen-bond acceptors (Lipinski definition) is 8. The zero-order chi connectivity index (χ0) is 24.6. The maximum absolute atomic E-state index is 12.1. The van der Waals surface area contributed by atoms with Gasteiger partial charge in [-0.25, -0.2) is 4.98 Å². The first-order valence-electron chi connectivity index (χ1n) is 11.7. The van der Waals surface area contributed by atoms with E-state index >= 15 is 0 Å². The molecule has 4 heterocycles. The largest absolute Gasteiger partial charge is 0.351 e. The van der Waals surface area contributed by atoms with Crippen molar-refractivity contribution in [2.24, 2.45) is 0 Å². The van der Waals surface area contributed by atoms with Crippen molar-refractivity contribution in [1.82, 2.24) is 24.9 Å². The number of benzene rings is 1. The van der Waals surface area contributed by atoms with Gasteiger partial charge < -0.3 is 5.32 Å². The molecular weight excluding hydrogens is 474 g/mol. The van der Waals surface area contributed by atoms with Gasteiger partial charge in [-0.15, -0.1) is 11.3 Å². The summed E-state index contributed by atoms with van der Waals surface area (Å²) in [6.07, 6.45) is 6.86. The van der Waals surface area contributed by atoms with Crippen LogP contribution in [0, 0.1) is 11.3 Å². The van der Waals surface area contributed by atoms with Gasteiger partial charge in [0.15, 0.2) is 5.65 Å². The van der Waals surface area contributed by atoms with E-state index in [1.165, 1.54) is 11.3 Å². The van der Waals surface area contributed by atoms with Crippen LogP contribution >= 0.6 is 11.3 Å². The third kappa shape index (κ3) is 4.36. The second-order valence-electron chi connectivity index (χ2n) is 8.87. The molecule has 2 N–H and O–H groups in total. The number of thiophene rings is 1. The summed E-state index contributed by atoms with van der Waals surface area (Å²) in [7, 11) is 0. The minimum Gasteiger partial charge on any atom is -0.351 e. The lowest BCUT2D eigenvalue weighted by atomic mass is 10.0. The predicted molar refractivity (Wildman–Crippen MR) is 135 cm³/mol. The van der Waals surface area contributed by atoms with Gasteiger partial charge in [0.05, 0.1) is 12.6 Å². The Morgan fingerprint density at radius 1 is 1.17 bits per heavy atom. The number of hydrogen-bond donors (Lipinski definition) is 2. The summed E-state index contributed by atoms with van der Waals surface area (Å²) in [5.74, 6) is 0.603. The number of nitrogens with zero attached hydrogens (tertiary/aromatic N) is 5. The van der Waals surface area contributed by atoms with E-state index in [1.54, 1.807) is 16.8 Å². The first kappa shape index (κ1) is 22.1. The van der Waals surface area contributed by atoms with Gasteiger partial charge in [-0.05, 0) is 48.6 Å². The number of nitrogens with one attached hydrogen (secondary N) is 2. The molecule has 10 heteroatoms. The standard InChI is InChI=1S/C26H21N7O2S/c27-13-19-8-9-21(36-19)20-4-2-1-3-15(20)5-10-22-30-24-17(11-16-12-23(34)32-25(16)35)14-28-33(24)26(31-22)29-18-6-7-18/h1-4,8-9,11,14,18H,5-7,10,12H2,(H,29,30,31)(H,32,34,35)/b16-11+. The smallest absolute Gasteiger partial charge is 0.254 e. The molecule has 1 aliphatic carbocycles. The lowest BCUT2D eigenvalue weighted by Crippen LogP contribution is -2.19. The van der Waals surface area contributed by atoms with Crippen LogP contribution in [-0.2, 0) is 22.4 Å². The molecule has 2 fully saturated rings. The molecule has 9 nitrogen and oxygen atoms in total. The van der Waals surface area contributed by atoms with Crippen LogP contribution in [-0.4, -0.2) is 37.4 Å². The number of aromatic nitrogens is 4. The molecule has 1 aliphatic heterocycles. The number of rotatable bonds is 7. The molecule has 0 bridgehead atoms. The van der Waals surface area contributed by atoms with Crippen molar-refractivity contribution >= 4 is 40.8 Å². The van der Waals surface area contributed by atoms with Gasteiger partial charge >= 0.3 is 0 Å². The maximum atomic E-state index is 12.1. The molecule has 2 aliphatic rings. The van der Waals surface area contributed by atoms with Crippen molar-refractivity contribution in [2.45, 2.75) is 38.1 Å². The van der Waals surface area contributed by atoms with E-state index < -0.39 is 0 Å². The topological polar surface area (TPSA) is 125 Å². The molecule has 1 saturated heterocycles. The summed E-state index contributed by atoms with van der Waals surface area (Å²) in [6, 6.07) is 14.6. The number of aryl methyl sites for hydroxylation is 2. The summed E-state index contributed by atoms with van der Waals surface area (Å²) < 4.78 is 1.66. The van der Waals surface area contributed by atoms with Gasteiger partial charge in [0, 0.05) is 28.5 Å². The van der Waals surface area contributed by atoms with Crippen molar-refractivity contribution in [3.8, 4) is 16.5 Å². The fourth-order valence-corrected chi connectivity index (χ4v) is 5.10. The summed E-state index contributed by atoms with van der Waals surface area (Å²) >= 11 is 1.48. The Labute approximate surface area is 210 Å². The number of anilines is 1. The number of amides is 2. The van der Waals surface area contributed by atoms with E-state index in [0.717, 1.165) is 35.3 Å². The Hall–Kier alpha value is -4.36. The minimum absolute atomic E-state index is 0.0499. The first-order valence-corrected chi connectivity index (χ1v) is 12.5. The van der Waals surface area contributed by atoms with E-state index in [-0.39, 0.29) is 18.2 Å². The highest BCUT2D eigenvalue weighted by Crippen LogP contribution is 2.31. The molecule has 1 saturated carbocycles. The fourth-order valence-electron chi connectivity index (χ4n) is 4.23. The second-order valence-corrected chi connectivity index (χ2v) is 9.96. The monoisotopic (exact) mass is 495 g/mol. The molecule has 2 amide bonds. The van der Waals surface area contributed by atoms with Gasteiger partial charge in [0.1, 0.15) is 16.8 Å². The van der Waals surface area contributed by atoms with Crippen LogP contribution in [0.1, 0.15) is 41.1 Å². The molecule has 36 heavy (non-hydrogen) atoms. The number of nitriles is 1. The SMILES string of the molecule is N#Cc1ccc(-c2ccccc2CCc2nc(NC3CC3)n3ncc(/C=C4\CC(=O)NC4=O)c3n2)s1. The third-order valence-electron chi connectivity index (χ3n) is 6.19. The van der Waals surface area contributed by atoms with Gasteiger partial charge in [-0.3, -0.25) is 14.9 Å². The highest BCUT2D eigenvalue weighted by Gasteiger charge is 2.26. The lowest BCUT2D eigenvalue weighted by molar-refractivity contribution is -0.124. The van der Waals surface area contributed by atoms with Crippen LogP contribution < -0.4 is 10.6 Å². The van der Waals surface area contributed by atoms with Crippen molar-refractivity contribution < 1.29 is 9.59 Å². The van der Waals surface area contributed by atoms with Crippen LogP contribution in [0.5, 0.6) is 0 Å². The Kier molecular flexibility index (Phi) is 5.54. The Morgan fingerprint density at radius 3 is 2.78 bits per heavy atom. The van der Waals surface area contributed by atoms with E-state index in [9.17, 15) is 14.9 Å². The fraction of sp³-hybridized carbons (Fsp3) is 0.231. The average molecular weight is 496 g/mol. The van der Waals surface area contributed by atoms with Crippen LogP contribution in [0.4, 0.5) is 5.95 Å². The van der Waals surface area contributed by atoms with Crippen molar-refractivity contribution in [2.75, 3.05) is 5.32 Å². The van der Waals surface area contributed by atoms with Crippen LogP contribution in [0.3, 0.4) is 0 Å². The molecule has 3 aromatic heterocycles.